The number of benzene rings is 1. The van der Waals surface area contributed by atoms with Crippen molar-refractivity contribution in [3.63, 3.8) is 0 Å². The number of nitrogens with zero attached hydrogens (tertiary/aromatic N) is 2. The fourth-order valence-electron chi connectivity index (χ4n) is 2.64. The number of likely N-dealkylation sites (N-methyl/N-ethyl adjacent to an activating group) is 1. The van der Waals surface area contributed by atoms with Gasteiger partial charge in [0, 0.05) is 46.4 Å². The summed E-state index contributed by atoms with van der Waals surface area (Å²) < 4.78 is 32.3. The van der Waals surface area contributed by atoms with Crippen LogP contribution in [0.2, 0.25) is 0 Å². The lowest BCUT2D eigenvalue weighted by atomic mass is 10.2. The van der Waals surface area contributed by atoms with E-state index in [9.17, 15) is 18.0 Å². The number of hydrogen-bond acceptors (Lipinski definition) is 5. The van der Waals surface area contributed by atoms with Crippen molar-refractivity contribution in [2.75, 3.05) is 45.3 Å². The van der Waals surface area contributed by atoms with E-state index in [0.29, 0.717) is 18.7 Å². The second-order valence-corrected chi connectivity index (χ2v) is 7.58. The Hall–Kier alpha value is -1.97. The highest BCUT2D eigenvalue weighted by molar-refractivity contribution is 7.89. The number of rotatable bonds is 8. The summed E-state index contributed by atoms with van der Waals surface area (Å²) in [6.07, 6.45) is 0.199. The molecule has 0 saturated heterocycles. The van der Waals surface area contributed by atoms with Crippen molar-refractivity contribution in [2.45, 2.75) is 18.2 Å². The van der Waals surface area contributed by atoms with Gasteiger partial charge in [-0.15, -0.1) is 0 Å². The van der Waals surface area contributed by atoms with Crippen LogP contribution < -0.4 is 9.62 Å². The third-order valence-electron chi connectivity index (χ3n) is 4.12. The monoisotopic (exact) mass is 369 g/mol. The van der Waals surface area contributed by atoms with Gasteiger partial charge in [0.2, 0.25) is 21.8 Å². The zero-order valence-corrected chi connectivity index (χ0v) is 15.4. The zero-order chi connectivity index (χ0) is 18.6. The Labute approximate surface area is 147 Å². The molecule has 9 heteroatoms. The van der Waals surface area contributed by atoms with Crippen LogP contribution in [-0.4, -0.2) is 65.5 Å². The van der Waals surface area contributed by atoms with E-state index >= 15 is 0 Å². The first kappa shape index (κ1) is 19.4. The van der Waals surface area contributed by atoms with E-state index in [1.54, 1.807) is 13.1 Å². The van der Waals surface area contributed by atoms with Crippen molar-refractivity contribution in [2.24, 2.45) is 0 Å². The highest BCUT2D eigenvalue weighted by Crippen LogP contribution is 2.29. The Morgan fingerprint density at radius 3 is 2.72 bits per heavy atom. The molecular formula is C16H23N3O5S. The van der Waals surface area contributed by atoms with Crippen LogP contribution in [0, 0.1) is 0 Å². The molecule has 0 aliphatic carbocycles. The lowest BCUT2D eigenvalue weighted by molar-refractivity contribution is -0.129. The molecule has 1 heterocycles. The molecule has 0 radical (unpaired) electrons. The van der Waals surface area contributed by atoms with Crippen LogP contribution in [0.15, 0.2) is 23.1 Å². The number of methoxy groups -OCH3 is 1. The summed E-state index contributed by atoms with van der Waals surface area (Å²) in [7, 11) is -0.505. The fourth-order valence-corrected chi connectivity index (χ4v) is 3.71. The molecule has 0 fully saturated rings. The molecule has 138 valence electrons. The Morgan fingerprint density at radius 2 is 2.08 bits per heavy atom. The van der Waals surface area contributed by atoms with E-state index in [-0.39, 0.29) is 36.2 Å². The third-order valence-corrected chi connectivity index (χ3v) is 5.58. The van der Waals surface area contributed by atoms with Gasteiger partial charge in [-0.2, -0.15) is 0 Å². The second kappa shape index (κ2) is 7.94. The molecule has 0 unspecified atom stereocenters. The maximum absolute atomic E-state index is 12.4. The summed E-state index contributed by atoms with van der Waals surface area (Å²) in [5.74, 6) is -0.205. The van der Waals surface area contributed by atoms with Gasteiger partial charge in [-0.3, -0.25) is 9.59 Å². The molecule has 0 bridgehead atoms. The highest BCUT2D eigenvalue weighted by Gasteiger charge is 2.26. The second-order valence-electron chi connectivity index (χ2n) is 5.82. The van der Waals surface area contributed by atoms with Crippen LogP contribution in [-0.2, 0) is 30.8 Å². The van der Waals surface area contributed by atoms with Gasteiger partial charge in [0.05, 0.1) is 17.9 Å². The Kier molecular flexibility index (Phi) is 6.15. The van der Waals surface area contributed by atoms with Gasteiger partial charge in [0.15, 0.2) is 0 Å². The standard InChI is InChI=1S/C16H23N3O5S/c1-12(20)19(8-9-24-3)7-6-17-25(22,23)14-4-5-15-13(10-14)11-16(21)18(15)2/h4-5,10,17H,6-9,11H2,1-3H3. The number of anilines is 1. The number of fused-ring (bicyclic) bond motifs is 1. The van der Waals surface area contributed by atoms with E-state index in [1.807, 2.05) is 0 Å². The molecule has 1 aromatic rings. The molecule has 1 N–H and O–H groups in total. The molecule has 0 atom stereocenters. The van der Waals surface area contributed by atoms with Gasteiger partial charge in [-0.1, -0.05) is 0 Å². The maximum atomic E-state index is 12.4. The highest BCUT2D eigenvalue weighted by atomic mass is 32.2. The van der Waals surface area contributed by atoms with Crippen molar-refractivity contribution in [1.29, 1.82) is 0 Å². The summed E-state index contributed by atoms with van der Waals surface area (Å²) in [6, 6.07) is 4.63. The molecule has 8 nitrogen and oxygen atoms in total. The lowest BCUT2D eigenvalue weighted by Crippen LogP contribution is -2.39. The van der Waals surface area contributed by atoms with Crippen molar-refractivity contribution in [1.82, 2.24) is 9.62 Å². The first-order chi connectivity index (χ1) is 11.8. The molecule has 1 aliphatic heterocycles. The molecule has 0 spiro atoms. The van der Waals surface area contributed by atoms with Crippen LogP contribution in [0.4, 0.5) is 5.69 Å². The number of ether oxygens (including phenoxy) is 1. The normalized spacial score (nSPS) is 13.9. The molecule has 0 aromatic heterocycles. The molecule has 2 rings (SSSR count). The lowest BCUT2D eigenvalue weighted by Gasteiger charge is -2.20. The number of carbonyl (C=O) groups excluding carboxylic acids is 2. The van der Waals surface area contributed by atoms with Crippen molar-refractivity contribution in [3.05, 3.63) is 23.8 Å². The zero-order valence-electron chi connectivity index (χ0n) is 14.6. The third kappa shape index (κ3) is 4.56. The van der Waals surface area contributed by atoms with E-state index in [4.69, 9.17) is 4.74 Å². The summed E-state index contributed by atoms with van der Waals surface area (Å²) >= 11 is 0. The summed E-state index contributed by atoms with van der Waals surface area (Å²) in [5, 5.41) is 0. The number of sulfonamides is 1. The average Bonchev–Trinajstić information content (AvgIpc) is 2.84. The van der Waals surface area contributed by atoms with Gasteiger partial charge < -0.3 is 14.5 Å². The Balaban J connectivity index is 2.01. The van der Waals surface area contributed by atoms with E-state index in [2.05, 4.69) is 4.72 Å². The van der Waals surface area contributed by atoms with Gasteiger partial charge in [-0.05, 0) is 23.8 Å². The maximum Gasteiger partial charge on any atom is 0.240 e. The van der Waals surface area contributed by atoms with Gasteiger partial charge in [0.25, 0.3) is 0 Å². The number of amides is 2. The predicted molar refractivity (Wildman–Crippen MR) is 92.9 cm³/mol. The summed E-state index contributed by atoms with van der Waals surface area (Å²) in [4.78, 5) is 26.4. The van der Waals surface area contributed by atoms with E-state index in [1.165, 1.54) is 36.0 Å². The molecular weight excluding hydrogens is 346 g/mol. The van der Waals surface area contributed by atoms with Crippen molar-refractivity contribution in [3.8, 4) is 0 Å². The van der Waals surface area contributed by atoms with E-state index in [0.717, 1.165) is 5.69 Å². The van der Waals surface area contributed by atoms with E-state index < -0.39 is 10.0 Å². The molecule has 0 saturated carbocycles. The minimum absolute atomic E-state index is 0.0623. The quantitative estimate of drug-likeness (QED) is 0.695. The average molecular weight is 369 g/mol. The predicted octanol–water partition coefficient (Wildman–Crippen LogP) is -0.0213. The smallest absolute Gasteiger partial charge is 0.240 e. The SMILES string of the molecule is COCCN(CCNS(=O)(=O)c1ccc2c(c1)CC(=O)N2C)C(C)=O. The van der Waals surface area contributed by atoms with Crippen molar-refractivity contribution < 1.29 is 22.7 Å². The van der Waals surface area contributed by atoms with Crippen LogP contribution in [0.3, 0.4) is 0 Å². The molecule has 2 amide bonds. The molecule has 25 heavy (non-hydrogen) atoms. The summed E-state index contributed by atoms with van der Waals surface area (Å²) in [6.45, 7) is 2.57. The first-order valence-corrected chi connectivity index (χ1v) is 9.38. The molecule has 1 aliphatic rings. The number of nitrogens with one attached hydrogen (secondary N) is 1. The van der Waals surface area contributed by atoms with Crippen LogP contribution in [0.1, 0.15) is 12.5 Å². The van der Waals surface area contributed by atoms with Crippen LogP contribution in [0.25, 0.3) is 0 Å². The summed E-state index contributed by atoms with van der Waals surface area (Å²) in [5.41, 5.74) is 1.42. The number of carbonyl (C=O) groups is 2. The molecule has 1 aromatic carbocycles. The fraction of sp³-hybridized carbons (Fsp3) is 0.500. The van der Waals surface area contributed by atoms with Crippen LogP contribution >= 0.6 is 0 Å². The Bertz CT molecular complexity index is 763. The topological polar surface area (TPSA) is 96.0 Å². The van der Waals surface area contributed by atoms with Crippen molar-refractivity contribution >= 4 is 27.5 Å². The first-order valence-electron chi connectivity index (χ1n) is 7.90. The van der Waals surface area contributed by atoms with Gasteiger partial charge >= 0.3 is 0 Å². The number of hydrogen-bond donors (Lipinski definition) is 1. The Morgan fingerprint density at radius 1 is 1.36 bits per heavy atom. The van der Waals surface area contributed by atoms with Crippen LogP contribution in [0.5, 0.6) is 0 Å². The minimum atomic E-state index is -3.71. The largest absolute Gasteiger partial charge is 0.383 e. The minimum Gasteiger partial charge on any atom is -0.383 e. The van der Waals surface area contributed by atoms with Gasteiger partial charge in [0.1, 0.15) is 0 Å². The van der Waals surface area contributed by atoms with Gasteiger partial charge in [-0.25, -0.2) is 13.1 Å².